The van der Waals surface area contributed by atoms with Gasteiger partial charge in [0, 0.05) is 18.0 Å². The Morgan fingerprint density at radius 1 is 1.39 bits per heavy atom. The molecule has 0 saturated heterocycles. The lowest BCUT2D eigenvalue weighted by molar-refractivity contribution is 0.253. The van der Waals surface area contributed by atoms with Crippen LogP contribution in [0.4, 0.5) is 0 Å². The zero-order valence-corrected chi connectivity index (χ0v) is 12.0. The Balaban J connectivity index is 2.21. The highest BCUT2D eigenvalue weighted by Crippen LogP contribution is 2.42. The van der Waals surface area contributed by atoms with Gasteiger partial charge >= 0.3 is 0 Å². The van der Waals surface area contributed by atoms with Crippen LogP contribution in [0.3, 0.4) is 0 Å². The minimum absolute atomic E-state index is 0.402. The van der Waals surface area contributed by atoms with Crippen LogP contribution in [0.2, 0.25) is 0 Å². The van der Waals surface area contributed by atoms with Crippen molar-refractivity contribution < 1.29 is 4.74 Å². The Hall–Kier alpha value is -1.06. The third-order valence-electron chi connectivity index (χ3n) is 3.45. The SMILES string of the molecule is CCNC1CCOc2c1cc1ccccc1c2Br. The highest BCUT2D eigenvalue weighted by molar-refractivity contribution is 9.10. The van der Waals surface area contributed by atoms with E-state index < -0.39 is 0 Å². The summed E-state index contributed by atoms with van der Waals surface area (Å²) < 4.78 is 6.93. The Morgan fingerprint density at radius 3 is 3.06 bits per heavy atom. The van der Waals surface area contributed by atoms with Gasteiger partial charge in [0.2, 0.25) is 0 Å². The van der Waals surface area contributed by atoms with Crippen molar-refractivity contribution in [2.45, 2.75) is 19.4 Å². The van der Waals surface area contributed by atoms with Gasteiger partial charge in [0.25, 0.3) is 0 Å². The average molecular weight is 306 g/mol. The molecule has 0 radical (unpaired) electrons. The Bertz CT molecular complexity index is 582. The van der Waals surface area contributed by atoms with Crippen molar-refractivity contribution in [1.82, 2.24) is 5.32 Å². The number of rotatable bonds is 2. The molecule has 2 aromatic rings. The van der Waals surface area contributed by atoms with Crippen LogP contribution in [0.15, 0.2) is 34.8 Å². The van der Waals surface area contributed by atoms with Gasteiger partial charge in [-0.3, -0.25) is 0 Å². The van der Waals surface area contributed by atoms with Crippen molar-refractivity contribution in [3.05, 3.63) is 40.4 Å². The molecule has 3 rings (SSSR count). The topological polar surface area (TPSA) is 21.3 Å². The lowest BCUT2D eigenvalue weighted by Gasteiger charge is -2.28. The fourth-order valence-corrected chi connectivity index (χ4v) is 3.31. The second kappa shape index (κ2) is 4.90. The maximum absolute atomic E-state index is 5.85. The van der Waals surface area contributed by atoms with E-state index >= 15 is 0 Å². The number of hydrogen-bond acceptors (Lipinski definition) is 2. The lowest BCUT2D eigenvalue weighted by atomic mass is 9.97. The predicted octanol–water partition coefficient (Wildman–Crippen LogP) is 4.04. The smallest absolute Gasteiger partial charge is 0.138 e. The second-order valence-electron chi connectivity index (χ2n) is 4.58. The third-order valence-corrected chi connectivity index (χ3v) is 4.24. The van der Waals surface area contributed by atoms with Gasteiger partial charge in [-0.15, -0.1) is 0 Å². The van der Waals surface area contributed by atoms with Gasteiger partial charge in [-0.25, -0.2) is 0 Å². The second-order valence-corrected chi connectivity index (χ2v) is 5.37. The number of hydrogen-bond donors (Lipinski definition) is 1. The predicted molar refractivity (Wildman–Crippen MR) is 78.2 cm³/mol. The minimum atomic E-state index is 0.402. The monoisotopic (exact) mass is 305 g/mol. The van der Waals surface area contributed by atoms with Crippen molar-refractivity contribution in [2.75, 3.05) is 13.2 Å². The van der Waals surface area contributed by atoms with E-state index in [4.69, 9.17) is 4.74 Å². The van der Waals surface area contributed by atoms with Crippen LogP contribution in [-0.2, 0) is 0 Å². The molecule has 2 aromatic carbocycles. The van der Waals surface area contributed by atoms with Crippen LogP contribution < -0.4 is 10.1 Å². The van der Waals surface area contributed by atoms with E-state index in [1.54, 1.807) is 0 Å². The highest BCUT2D eigenvalue weighted by atomic mass is 79.9. The van der Waals surface area contributed by atoms with Crippen LogP contribution in [0.25, 0.3) is 10.8 Å². The molecule has 1 atom stereocenters. The van der Waals surface area contributed by atoms with Crippen molar-refractivity contribution in [3.63, 3.8) is 0 Å². The van der Waals surface area contributed by atoms with E-state index in [9.17, 15) is 0 Å². The maximum Gasteiger partial charge on any atom is 0.138 e. The molecule has 3 heteroatoms. The standard InChI is InChI=1S/C15H16BrNO/c1-2-17-13-7-8-18-15-12(13)9-10-5-3-4-6-11(10)14(15)16/h3-6,9,13,17H,2,7-8H2,1H3. The minimum Gasteiger partial charge on any atom is -0.492 e. The van der Waals surface area contributed by atoms with Crippen molar-refractivity contribution in [2.24, 2.45) is 0 Å². The summed E-state index contributed by atoms with van der Waals surface area (Å²) in [6.45, 7) is 3.90. The van der Waals surface area contributed by atoms with Gasteiger partial charge in [-0.05, 0) is 39.3 Å². The molecule has 0 amide bonds. The molecule has 0 aliphatic carbocycles. The molecule has 1 aliphatic rings. The molecule has 0 spiro atoms. The van der Waals surface area contributed by atoms with Crippen LogP contribution in [0.1, 0.15) is 24.9 Å². The van der Waals surface area contributed by atoms with E-state index in [2.05, 4.69) is 58.5 Å². The third kappa shape index (κ3) is 1.91. The first kappa shape index (κ1) is 12.0. The van der Waals surface area contributed by atoms with E-state index in [1.807, 2.05) is 0 Å². The summed E-state index contributed by atoms with van der Waals surface area (Å²) in [5.74, 6) is 1.01. The van der Waals surface area contributed by atoms with Gasteiger partial charge in [-0.1, -0.05) is 31.2 Å². The Kier molecular flexibility index (Phi) is 3.27. The molecule has 1 N–H and O–H groups in total. The molecule has 0 saturated carbocycles. The van der Waals surface area contributed by atoms with Crippen molar-refractivity contribution in [1.29, 1.82) is 0 Å². The van der Waals surface area contributed by atoms with Gasteiger partial charge < -0.3 is 10.1 Å². The van der Waals surface area contributed by atoms with E-state index in [0.717, 1.165) is 29.8 Å². The molecule has 0 fully saturated rings. The summed E-state index contributed by atoms with van der Waals surface area (Å²) in [6.07, 6.45) is 1.03. The number of fused-ring (bicyclic) bond motifs is 2. The fourth-order valence-electron chi connectivity index (χ4n) is 2.60. The Labute approximate surface area is 115 Å². The van der Waals surface area contributed by atoms with Crippen LogP contribution in [0, 0.1) is 0 Å². The number of nitrogens with one attached hydrogen (secondary N) is 1. The first-order valence-electron chi connectivity index (χ1n) is 6.38. The van der Waals surface area contributed by atoms with E-state index in [0.29, 0.717) is 6.04 Å². The zero-order chi connectivity index (χ0) is 12.5. The molecule has 1 heterocycles. The molecular formula is C15H16BrNO. The number of halogens is 1. The van der Waals surface area contributed by atoms with Crippen LogP contribution >= 0.6 is 15.9 Å². The molecule has 94 valence electrons. The van der Waals surface area contributed by atoms with Gasteiger partial charge in [0.15, 0.2) is 0 Å². The summed E-state index contributed by atoms with van der Waals surface area (Å²) in [4.78, 5) is 0. The first-order valence-corrected chi connectivity index (χ1v) is 7.18. The van der Waals surface area contributed by atoms with E-state index in [-0.39, 0.29) is 0 Å². The average Bonchev–Trinajstić information content (AvgIpc) is 2.40. The van der Waals surface area contributed by atoms with Crippen molar-refractivity contribution in [3.8, 4) is 5.75 Å². The summed E-state index contributed by atoms with van der Waals surface area (Å²) in [6, 6.07) is 11.1. The fraction of sp³-hybridized carbons (Fsp3) is 0.333. The molecule has 1 unspecified atom stereocenters. The van der Waals surface area contributed by atoms with Gasteiger partial charge in [0.1, 0.15) is 5.75 Å². The molecule has 2 nitrogen and oxygen atoms in total. The van der Waals surface area contributed by atoms with Crippen molar-refractivity contribution >= 4 is 26.7 Å². The van der Waals surface area contributed by atoms with Crippen LogP contribution in [0.5, 0.6) is 5.75 Å². The molecular weight excluding hydrogens is 290 g/mol. The first-order chi connectivity index (χ1) is 8.81. The molecule has 0 aromatic heterocycles. The lowest BCUT2D eigenvalue weighted by Crippen LogP contribution is -2.27. The van der Waals surface area contributed by atoms with Gasteiger partial charge in [0.05, 0.1) is 11.1 Å². The largest absolute Gasteiger partial charge is 0.492 e. The summed E-state index contributed by atoms with van der Waals surface area (Å²) in [5.41, 5.74) is 1.27. The maximum atomic E-state index is 5.85. The summed E-state index contributed by atoms with van der Waals surface area (Å²) in [5, 5.41) is 6.01. The highest BCUT2D eigenvalue weighted by Gasteiger charge is 2.24. The Morgan fingerprint density at radius 2 is 2.22 bits per heavy atom. The molecule has 18 heavy (non-hydrogen) atoms. The summed E-state index contributed by atoms with van der Waals surface area (Å²) in [7, 11) is 0. The summed E-state index contributed by atoms with van der Waals surface area (Å²) >= 11 is 3.69. The van der Waals surface area contributed by atoms with Crippen LogP contribution in [-0.4, -0.2) is 13.2 Å². The normalized spacial score (nSPS) is 18.4. The van der Waals surface area contributed by atoms with Gasteiger partial charge in [-0.2, -0.15) is 0 Å². The number of benzene rings is 2. The molecule has 0 bridgehead atoms. The zero-order valence-electron chi connectivity index (χ0n) is 10.4. The number of ether oxygens (including phenoxy) is 1. The van der Waals surface area contributed by atoms with E-state index in [1.165, 1.54) is 16.3 Å². The molecule has 1 aliphatic heterocycles. The quantitative estimate of drug-likeness (QED) is 0.904.